The van der Waals surface area contributed by atoms with Gasteiger partial charge in [-0.1, -0.05) is 6.92 Å². The summed E-state index contributed by atoms with van der Waals surface area (Å²) >= 11 is 0. The topological polar surface area (TPSA) is 112 Å². The maximum absolute atomic E-state index is 13.8. The zero-order chi connectivity index (χ0) is 20.1. The molecular weight excluding hydrogens is 355 g/mol. The van der Waals surface area contributed by atoms with E-state index in [-0.39, 0.29) is 23.7 Å². The summed E-state index contributed by atoms with van der Waals surface area (Å²) in [5, 5.41) is 0. The number of carbonyl (C=O) groups excluding carboxylic acids is 1. The third kappa shape index (κ3) is 4.62. The minimum Gasteiger partial charge on any atom is -0.494 e. The molecule has 0 saturated heterocycles. The number of benzene rings is 1. The van der Waals surface area contributed by atoms with Crippen molar-refractivity contribution in [3.8, 4) is 5.75 Å². The number of ether oxygens (including phenoxy) is 1. The number of likely N-dealkylation sites (N-methyl/N-ethyl adjacent to an activating group) is 1. The largest absolute Gasteiger partial charge is 0.494 e. The van der Waals surface area contributed by atoms with E-state index < -0.39 is 22.8 Å². The minimum absolute atomic E-state index is 0.0365. The van der Waals surface area contributed by atoms with Gasteiger partial charge in [0.2, 0.25) is 5.78 Å². The Hall–Kier alpha value is -2.94. The Morgan fingerprint density at radius 1 is 1.37 bits per heavy atom. The van der Waals surface area contributed by atoms with Crippen LogP contribution in [0.1, 0.15) is 29.3 Å². The van der Waals surface area contributed by atoms with Crippen molar-refractivity contribution >= 4 is 11.6 Å². The molecule has 2 rings (SSSR count). The predicted molar refractivity (Wildman–Crippen MR) is 98.8 cm³/mol. The molecule has 0 aliphatic heterocycles. The smallest absolute Gasteiger partial charge is 0.329 e. The lowest BCUT2D eigenvalue weighted by molar-refractivity contribution is -0.884. The van der Waals surface area contributed by atoms with Crippen molar-refractivity contribution in [3.05, 3.63) is 56.0 Å². The number of nitrogens with two attached hydrogens (primary N) is 1. The summed E-state index contributed by atoms with van der Waals surface area (Å²) in [5.74, 6) is -0.949. The molecule has 27 heavy (non-hydrogen) atoms. The maximum Gasteiger partial charge on any atom is 0.329 e. The molecule has 1 heterocycles. The predicted octanol–water partition coefficient (Wildman–Crippen LogP) is -0.426. The Kier molecular flexibility index (Phi) is 6.51. The maximum atomic E-state index is 13.8. The number of nitrogens with zero attached hydrogens (tertiary/aromatic N) is 1. The van der Waals surface area contributed by atoms with Gasteiger partial charge in [-0.05, 0) is 24.6 Å². The highest BCUT2D eigenvalue weighted by Gasteiger charge is 2.22. The molecule has 0 radical (unpaired) electrons. The van der Waals surface area contributed by atoms with Gasteiger partial charge in [0.25, 0.3) is 5.56 Å². The van der Waals surface area contributed by atoms with Crippen molar-refractivity contribution in [2.75, 3.05) is 26.4 Å². The second-order valence-electron chi connectivity index (χ2n) is 6.37. The zero-order valence-electron chi connectivity index (χ0n) is 15.6. The summed E-state index contributed by atoms with van der Waals surface area (Å²) in [4.78, 5) is 39.4. The molecule has 2 aromatic rings. The molecule has 0 bridgehead atoms. The SMILES string of the molecule is CCCn1c(N)c(C(=O)C[NH+](C)Cc2ccc(OC)c(F)c2)c(=O)[nH]c1=O. The number of nitrogen functional groups attached to an aromatic ring is 1. The molecule has 0 saturated carbocycles. The normalized spacial score (nSPS) is 12.0. The molecule has 146 valence electrons. The number of aromatic nitrogens is 2. The number of hydrogen-bond donors (Lipinski definition) is 3. The standard InChI is InChI=1S/C18H23FN4O4/c1-4-7-23-16(20)15(17(25)21-18(23)26)13(24)10-22(2)9-11-5-6-14(27-3)12(19)8-11/h5-6,8H,4,7,9-10,20H2,1-3H3,(H,21,25,26)/p+1. The molecule has 8 nitrogen and oxygen atoms in total. The van der Waals surface area contributed by atoms with Crippen LogP contribution in [0.15, 0.2) is 27.8 Å². The molecule has 0 spiro atoms. The van der Waals surface area contributed by atoms with Crippen LogP contribution in [0.2, 0.25) is 0 Å². The number of nitrogens with one attached hydrogen (secondary N) is 2. The molecule has 0 amide bonds. The fourth-order valence-electron chi connectivity index (χ4n) is 2.90. The van der Waals surface area contributed by atoms with Crippen LogP contribution in [-0.2, 0) is 13.1 Å². The van der Waals surface area contributed by atoms with Crippen LogP contribution in [0.4, 0.5) is 10.2 Å². The number of methoxy groups -OCH3 is 1. The molecule has 0 aliphatic carbocycles. The third-order valence-corrected chi connectivity index (χ3v) is 4.15. The Morgan fingerprint density at radius 3 is 2.67 bits per heavy atom. The quantitative estimate of drug-likeness (QED) is 0.539. The number of hydrogen-bond acceptors (Lipinski definition) is 5. The van der Waals surface area contributed by atoms with Crippen molar-refractivity contribution < 1.29 is 18.8 Å². The van der Waals surface area contributed by atoms with E-state index in [1.165, 1.54) is 23.8 Å². The summed E-state index contributed by atoms with van der Waals surface area (Å²) in [6, 6.07) is 4.57. The van der Waals surface area contributed by atoms with Gasteiger partial charge in [0.15, 0.2) is 11.6 Å². The van der Waals surface area contributed by atoms with Crippen molar-refractivity contribution in [1.29, 1.82) is 0 Å². The van der Waals surface area contributed by atoms with Crippen LogP contribution < -0.4 is 26.6 Å². The van der Waals surface area contributed by atoms with Crippen molar-refractivity contribution in [2.45, 2.75) is 26.4 Å². The van der Waals surface area contributed by atoms with E-state index in [2.05, 4.69) is 4.98 Å². The number of carbonyl (C=O) groups is 1. The van der Waals surface area contributed by atoms with Crippen LogP contribution in [0.3, 0.4) is 0 Å². The van der Waals surface area contributed by atoms with Gasteiger partial charge in [0, 0.05) is 12.1 Å². The van der Waals surface area contributed by atoms with E-state index in [1.807, 2.05) is 6.92 Å². The number of halogens is 1. The first-order chi connectivity index (χ1) is 12.8. The molecule has 1 aromatic carbocycles. The van der Waals surface area contributed by atoms with E-state index in [4.69, 9.17) is 10.5 Å². The fourth-order valence-corrected chi connectivity index (χ4v) is 2.90. The molecule has 4 N–H and O–H groups in total. The summed E-state index contributed by atoms with van der Waals surface area (Å²) in [6.45, 7) is 2.48. The summed E-state index contributed by atoms with van der Waals surface area (Å²) in [6.07, 6.45) is 0.623. The van der Waals surface area contributed by atoms with E-state index >= 15 is 0 Å². The highest BCUT2D eigenvalue weighted by molar-refractivity contribution is 6.00. The zero-order valence-corrected chi connectivity index (χ0v) is 15.6. The van der Waals surface area contributed by atoms with Gasteiger partial charge in [-0.3, -0.25) is 19.1 Å². The van der Waals surface area contributed by atoms with Crippen molar-refractivity contribution in [1.82, 2.24) is 9.55 Å². The fraction of sp³-hybridized carbons (Fsp3) is 0.389. The van der Waals surface area contributed by atoms with Crippen LogP contribution in [0.25, 0.3) is 0 Å². The minimum atomic E-state index is -0.793. The summed E-state index contributed by atoms with van der Waals surface area (Å²) in [7, 11) is 3.13. The van der Waals surface area contributed by atoms with Gasteiger partial charge in [0.05, 0.1) is 14.2 Å². The Morgan fingerprint density at radius 2 is 2.07 bits per heavy atom. The molecule has 1 unspecified atom stereocenters. The Labute approximate surface area is 155 Å². The third-order valence-electron chi connectivity index (χ3n) is 4.15. The van der Waals surface area contributed by atoms with Crippen LogP contribution >= 0.6 is 0 Å². The Bertz CT molecular complexity index is 951. The van der Waals surface area contributed by atoms with Crippen molar-refractivity contribution in [2.24, 2.45) is 0 Å². The Balaban J connectivity index is 2.19. The van der Waals surface area contributed by atoms with Gasteiger partial charge in [0.1, 0.15) is 24.5 Å². The van der Waals surface area contributed by atoms with E-state index in [0.717, 1.165) is 4.90 Å². The lowest BCUT2D eigenvalue weighted by Crippen LogP contribution is -3.08. The summed E-state index contributed by atoms with van der Waals surface area (Å²) < 4.78 is 19.9. The van der Waals surface area contributed by atoms with Crippen LogP contribution in [-0.4, -0.2) is 36.0 Å². The lowest BCUT2D eigenvalue weighted by atomic mass is 10.1. The monoisotopic (exact) mass is 379 g/mol. The molecule has 0 fully saturated rings. The first kappa shape index (κ1) is 20.4. The highest BCUT2D eigenvalue weighted by Crippen LogP contribution is 2.17. The van der Waals surface area contributed by atoms with E-state index in [0.29, 0.717) is 25.1 Å². The number of Topliss-reactive ketones (excluding diaryl/α,β-unsaturated/α-hetero) is 1. The van der Waals surface area contributed by atoms with E-state index in [1.54, 1.807) is 13.1 Å². The number of anilines is 1. The average Bonchev–Trinajstić information content (AvgIpc) is 2.58. The second kappa shape index (κ2) is 8.63. The number of H-pyrrole nitrogens is 1. The summed E-state index contributed by atoms with van der Waals surface area (Å²) in [5.41, 5.74) is 4.93. The molecule has 0 aliphatic rings. The molecule has 1 aromatic heterocycles. The van der Waals surface area contributed by atoms with Gasteiger partial charge in [-0.2, -0.15) is 0 Å². The van der Waals surface area contributed by atoms with E-state index in [9.17, 15) is 18.8 Å². The molecule has 9 heteroatoms. The first-order valence-electron chi connectivity index (χ1n) is 8.58. The van der Waals surface area contributed by atoms with Gasteiger partial charge in [-0.15, -0.1) is 0 Å². The number of rotatable bonds is 8. The van der Waals surface area contributed by atoms with Crippen LogP contribution in [0, 0.1) is 5.82 Å². The number of aromatic amines is 1. The molecule has 1 atom stereocenters. The van der Waals surface area contributed by atoms with Gasteiger partial charge in [-0.25, -0.2) is 9.18 Å². The van der Waals surface area contributed by atoms with Gasteiger partial charge < -0.3 is 15.4 Å². The van der Waals surface area contributed by atoms with Crippen LogP contribution in [0.5, 0.6) is 5.75 Å². The van der Waals surface area contributed by atoms with Gasteiger partial charge >= 0.3 is 5.69 Å². The average molecular weight is 379 g/mol. The lowest BCUT2D eigenvalue weighted by Gasteiger charge is -2.15. The second-order valence-corrected chi connectivity index (χ2v) is 6.37. The highest BCUT2D eigenvalue weighted by atomic mass is 19.1. The number of ketones is 1. The first-order valence-corrected chi connectivity index (χ1v) is 8.58. The number of quaternary nitrogens is 1. The van der Waals surface area contributed by atoms with Crippen molar-refractivity contribution in [3.63, 3.8) is 0 Å². The molecular formula is C18H24FN4O4+.